The molecule has 0 aliphatic heterocycles. The minimum atomic E-state index is -0.562. The first-order chi connectivity index (χ1) is 7.77. The minimum absolute atomic E-state index is 0.0855. The highest BCUT2D eigenvalue weighted by Gasteiger charge is 2.20. The predicted molar refractivity (Wildman–Crippen MR) is 66.3 cm³/mol. The molecule has 0 fully saturated rings. The Morgan fingerprint density at radius 3 is 2.47 bits per heavy atom. The molecule has 1 aromatic heterocycles. The molecule has 0 aromatic carbocycles. The molecule has 0 radical (unpaired) electrons. The molecule has 1 heterocycles. The van der Waals surface area contributed by atoms with Gasteiger partial charge in [-0.15, -0.1) is 0 Å². The Kier molecular flexibility index (Phi) is 3.76. The molecular formula is C13H19NO3. The van der Waals surface area contributed by atoms with Crippen LogP contribution in [0.3, 0.4) is 0 Å². The fraction of sp³-hybridized carbons (Fsp3) is 0.538. The second-order valence-electron chi connectivity index (χ2n) is 5.02. The molecule has 0 saturated heterocycles. The molecule has 1 rings (SSSR count). The smallest absolute Gasteiger partial charge is 0.343 e. The Hall–Kier alpha value is -1.58. The van der Waals surface area contributed by atoms with E-state index in [2.05, 4.69) is 0 Å². The molecular weight excluding hydrogens is 218 g/mol. The van der Waals surface area contributed by atoms with Crippen LogP contribution >= 0.6 is 0 Å². The third-order valence-electron chi connectivity index (χ3n) is 2.50. The van der Waals surface area contributed by atoms with E-state index < -0.39 is 5.97 Å². The zero-order valence-electron chi connectivity index (χ0n) is 11.0. The summed E-state index contributed by atoms with van der Waals surface area (Å²) in [6, 6.07) is 1.51. The van der Waals surface area contributed by atoms with Crippen LogP contribution in [0, 0.1) is 0 Å². The molecule has 0 amide bonds. The van der Waals surface area contributed by atoms with E-state index in [0.717, 1.165) is 5.69 Å². The van der Waals surface area contributed by atoms with Crippen LogP contribution in [0.4, 0.5) is 0 Å². The summed E-state index contributed by atoms with van der Waals surface area (Å²) in [5.74, 6) is -0.562. The lowest BCUT2D eigenvalue weighted by Crippen LogP contribution is -2.26. The Balaban J connectivity index is 3.29. The Morgan fingerprint density at radius 2 is 2.00 bits per heavy atom. The number of carbonyl (C=O) groups is 1. The third kappa shape index (κ3) is 2.96. The number of ether oxygens (including phenoxy) is 1. The van der Waals surface area contributed by atoms with Gasteiger partial charge in [0.15, 0.2) is 5.43 Å². The quantitative estimate of drug-likeness (QED) is 0.738. The van der Waals surface area contributed by atoms with Crippen molar-refractivity contribution >= 4 is 5.97 Å². The third-order valence-corrected chi connectivity index (χ3v) is 2.50. The van der Waals surface area contributed by atoms with Gasteiger partial charge in [-0.25, -0.2) is 4.79 Å². The van der Waals surface area contributed by atoms with E-state index in [0.29, 0.717) is 0 Å². The van der Waals surface area contributed by atoms with Crippen molar-refractivity contribution in [3.8, 4) is 0 Å². The van der Waals surface area contributed by atoms with E-state index in [4.69, 9.17) is 4.74 Å². The maximum atomic E-state index is 11.8. The van der Waals surface area contributed by atoms with E-state index in [1.54, 1.807) is 17.7 Å². The molecule has 0 N–H and O–H groups in total. The summed E-state index contributed by atoms with van der Waals surface area (Å²) in [6.07, 6.45) is 1.54. The average molecular weight is 237 g/mol. The van der Waals surface area contributed by atoms with Crippen LogP contribution in [0.2, 0.25) is 0 Å². The standard InChI is InChI=1S/C13H19NO3/c1-6-17-12(16)9-8-14(5)11(7-10(9)15)13(2,3)4/h7-8H,6H2,1-5H3. The van der Waals surface area contributed by atoms with Crippen LogP contribution in [0.25, 0.3) is 0 Å². The van der Waals surface area contributed by atoms with Gasteiger partial charge >= 0.3 is 5.97 Å². The molecule has 0 aliphatic carbocycles. The first kappa shape index (κ1) is 13.5. The van der Waals surface area contributed by atoms with Crippen LogP contribution in [0.5, 0.6) is 0 Å². The highest BCUT2D eigenvalue weighted by atomic mass is 16.5. The number of carbonyl (C=O) groups excluding carboxylic acids is 1. The largest absolute Gasteiger partial charge is 0.462 e. The maximum Gasteiger partial charge on any atom is 0.343 e. The molecule has 0 atom stereocenters. The Morgan fingerprint density at radius 1 is 1.41 bits per heavy atom. The van der Waals surface area contributed by atoms with Gasteiger partial charge in [0.25, 0.3) is 0 Å². The van der Waals surface area contributed by atoms with Crippen molar-refractivity contribution in [1.29, 1.82) is 0 Å². The number of nitrogens with zero attached hydrogens (tertiary/aromatic N) is 1. The Labute approximate surface area is 101 Å². The van der Waals surface area contributed by atoms with Crippen molar-refractivity contribution in [2.45, 2.75) is 33.1 Å². The van der Waals surface area contributed by atoms with Gasteiger partial charge in [-0.05, 0) is 6.92 Å². The highest BCUT2D eigenvalue weighted by Crippen LogP contribution is 2.20. The zero-order valence-corrected chi connectivity index (χ0v) is 11.0. The minimum Gasteiger partial charge on any atom is -0.462 e. The number of aromatic nitrogens is 1. The number of pyridine rings is 1. The molecule has 94 valence electrons. The molecule has 4 heteroatoms. The second kappa shape index (κ2) is 4.73. The van der Waals surface area contributed by atoms with Crippen LogP contribution in [-0.2, 0) is 17.2 Å². The fourth-order valence-corrected chi connectivity index (χ4v) is 1.74. The number of aryl methyl sites for hydroxylation is 1. The molecule has 0 aliphatic rings. The molecule has 0 saturated carbocycles. The normalized spacial score (nSPS) is 11.4. The van der Waals surface area contributed by atoms with Gasteiger partial charge in [-0.1, -0.05) is 20.8 Å². The van der Waals surface area contributed by atoms with E-state index in [-0.39, 0.29) is 23.0 Å². The Bertz CT molecular complexity index is 480. The van der Waals surface area contributed by atoms with Crippen LogP contribution in [0.1, 0.15) is 43.7 Å². The summed E-state index contributed by atoms with van der Waals surface area (Å²) in [4.78, 5) is 23.4. The predicted octanol–water partition coefficient (Wildman–Crippen LogP) is 1.86. The van der Waals surface area contributed by atoms with Gasteiger partial charge in [0.05, 0.1) is 6.61 Å². The SMILES string of the molecule is CCOC(=O)c1cn(C)c(C(C)(C)C)cc1=O. The monoisotopic (exact) mass is 237 g/mol. The van der Waals surface area contributed by atoms with Crippen molar-refractivity contribution in [1.82, 2.24) is 4.57 Å². The molecule has 17 heavy (non-hydrogen) atoms. The van der Waals surface area contributed by atoms with Crippen molar-refractivity contribution in [2.75, 3.05) is 6.61 Å². The summed E-state index contributed by atoms with van der Waals surface area (Å²) in [7, 11) is 1.82. The highest BCUT2D eigenvalue weighted by molar-refractivity contribution is 5.88. The van der Waals surface area contributed by atoms with Gasteiger partial charge in [0, 0.05) is 30.4 Å². The molecule has 1 aromatic rings. The van der Waals surface area contributed by atoms with Crippen molar-refractivity contribution in [2.24, 2.45) is 7.05 Å². The van der Waals surface area contributed by atoms with Gasteiger partial charge in [0.1, 0.15) is 5.56 Å². The van der Waals surface area contributed by atoms with Crippen LogP contribution in [-0.4, -0.2) is 17.1 Å². The molecule has 4 nitrogen and oxygen atoms in total. The second-order valence-corrected chi connectivity index (χ2v) is 5.02. The van der Waals surface area contributed by atoms with Crippen molar-refractivity contribution < 1.29 is 9.53 Å². The van der Waals surface area contributed by atoms with E-state index in [9.17, 15) is 9.59 Å². The fourth-order valence-electron chi connectivity index (χ4n) is 1.74. The van der Waals surface area contributed by atoms with E-state index >= 15 is 0 Å². The van der Waals surface area contributed by atoms with Gasteiger partial charge < -0.3 is 9.30 Å². The maximum absolute atomic E-state index is 11.8. The number of rotatable bonds is 2. The zero-order chi connectivity index (χ0) is 13.2. The molecule has 0 bridgehead atoms. The number of hydrogen-bond donors (Lipinski definition) is 0. The van der Waals surface area contributed by atoms with Crippen molar-refractivity contribution in [3.05, 3.63) is 33.7 Å². The van der Waals surface area contributed by atoms with Gasteiger partial charge in [-0.3, -0.25) is 4.79 Å². The van der Waals surface area contributed by atoms with Crippen LogP contribution < -0.4 is 5.43 Å². The van der Waals surface area contributed by atoms with Gasteiger partial charge in [-0.2, -0.15) is 0 Å². The van der Waals surface area contributed by atoms with E-state index in [1.165, 1.54) is 6.07 Å². The lowest BCUT2D eigenvalue weighted by Gasteiger charge is -2.22. The first-order valence-electron chi connectivity index (χ1n) is 5.65. The lowest BCUT2D eigenvalue weighted by molar-refractivity contribution is 0.0523. The average Bonchev–Trinajstić information content (AvgIpc) is 2.19. The van der Waals surface area contributed by atoms with E-state index in [1.807, 2.05) is 27.8 Å². The number of esters is 1. The lowest BCUT2D eigenvalue weighted by atomic mass is 9.91. The summed E-state index contributed by atoms with van der Waals surface area (Å²) in [6.45, 7) is 8.04. The first-order valence-corrected chi connectivity index (χ1v) is 5.65. The topological polar surface area (TPSA) is 48.3 Å². The summed E-state index contributed by atoms with van der Waals surface area (Å²) < 4.78 is 6.64. The van der Waals surface area contributed by atoms with Crippen molar-refractivity contribution in [3.63, 3.8) is 0 Å². The summed E-state index contributed by atoms with van der Waals surface area (Å²) in [5, 5.41) is 0. The summed E-state index contributed by atoms with van der Waals surface area (Å²) >= 11 is 0. The van der Waals surface area contributed by atoms with Crippen LogP contribution in [0.15, 0.2) is 17.1 Å². The number of hydrogen-bond acceptors (Lipinski definition) is 3. The molecule has 0 spiro atoms. The summed E-state index contributed by atoms with van der Waals surface area (Å²) in [5.41, 5.74) is 0.547. The molecule has 0 unspecified atom stereocenters. The van der Waals surface area contributed by atoms with Gasteiger partial charge in [0.2, 0.25) is 0 Å².